The van der Waals surface area contributed by atoms with Crippen molar-refractivity contribution in [2.75, 3.05) is 6.61 Å². The molecule has 0 spiro atoms. The average molecular weight is 230 g/mol. The van der Waals surface area contributed by atoms with Crippen LogP contribution in [0.2, 0.25) is 0 Å². The lowest BCUT2D eigenvalue weighted by molar-refractivity contribution is 0.286. The Morgan fingerprint density at radius 1 is 1.24 bits per heavy atom. The molecule has 0 radical (unpaired) electrons. The summed E-state index contributed by atoms with van der Waals surface area (Å²) in [6.45, 7) is 4.64. The third-order valence-corrected chi connectivity index (χ3v) is 3.33. The predicted octanol–water partition coefficient (Wildman–Crippen LogP) is 2.73. The van der Waals surface area contributed by atoms with Crippen molar-refractivity contribution >= 4 is 11.0 Å². The van der Waals surface area contributed by atoms with Gasteiger partial charge in [-0.15, -0.1) is 0 Å². The SMILES string of the molecule is Cc1cc(=O)oc2c(C)c3c(cc12)CCCO3. The van der Waals surface area contributed by atoms with Crippen molar-refractivity contribution in [1.29, 1.82) is 0 Å². The van der Waals surface area contributed by atoms with Crippen molar-refractivity contribution in [3.8, 4) is 5.75 Å². The molecule has 88 valence electrons. The molecule has 0 aliphatic carbocycles. The molecule has 2 aromatic rings. The van der Waals surface area contributed by atoms with Gasteiger partial charge in [0.1, 0.15) is 11.3 Å². The van der Waals surface area contributed by atoms with E-state index in [1.165, 1.54) is 11.6 Å². The molecule has 1 aromatic carbocycles. The first-order valence-electron chi connectivity index (χ1n) is 5.86. The van der Waals surface area contributed by atoms with E-state index in [1.807, 2.05) is 13.8 Å². The van der Waals surface area contributed by atoms with Crippen LogP contribution in [0.15, 0.2) is 21.3 Å². The zero-order valence-corrected chi connectivity index (χ0v) is 10.0. The second-order valence-corrected chi connectivity index (χ2v) is 4.57. The molecular weight excluding hydrogens is 216 g/mol. The summed E-state index contributed by atoms with van der Waals surface area (Å²) in [5.74, 6) is 0.900. The van der Waals surface area contributed by atoms with Crippen molar-refractivity contribution < 1.29 is 9.15 Å². The molecule has 3 rings (SSSR count). The molecule has 0 unspecified atom stereocenters. The number of hydrogen-bond acceptors (Lipinski definition) is 3. The normalized spacial score (nSPS) is 14.5. The van der Waals surface area contributed by atoms with Crippen LogP contribution in [0.25, 0.3) is 11.0 Å². The fraction of sp³-hybridized carbons (Fsp3) is 0.357. The van der Waals surface area contributed by atoms with E-state index in [1.54, 1.807) is 0 Å². The summed E-state index contributed by atoms with van der Waals surface area (Å²) >= 11 is 0. The lowest BCUT2D eigenvalue weighted by Gasteiger charge is -2.20. The maximum atomic E-state index is 11.4. The molecule has 3 heteroatoms. The monoisotopic (exact) mass is 230 g/mol. The van der Waals surface area contributed by atoms with E-state index in [9.17, 15) is 4.79 Å². The van der Waals surface area contributed by atoms with Gasteiger partial charge in [0.2, 0.25) is 0 Å². The highest BCUT2D eigenvalue weighted by Gasteiger charge is 2.18. The topological polar surface area (TPSA) is 39.4 Å². The van der Waals surface area contributed by atoms with E-state index < -0.39 is 0 Å². The first-order valence-corrected chi connectivity index (χ1v) is 5.86. The van der Waals surface area contributed by atoms with Gasteiger partial charge in [-0.1, -0.05) is 0 Å². The molecule has 17 heavy (non-hydrogen) atoms. The summed E-state index contributed by atoms with van der Waals surface area (Å²) < 4.78 is 11.0. The van der Waals surface area contributed by atoms with Gasteiger partial charge in [-0.05, 0) is 43.9 Å². The van der Waals surface area contributed by atoms with Crippen molar-refractivity contribution in [2.24, 2.45) is 0 Å². The van der Waals surface area contributed by atoms with Crippen LogP contribution >= 0.6 is 0 Å². The minimum atomic E-state index is -0.297. The molecular formula is C14H14O3. The molecule has 0 fully saturated rings. The van der Waals surface area contributed by atoms with Gasteiger partial charge in [-0.3, -0.25) is 0 Å². The van der Waals surface area contributed by atoms with Gasteiger partial charge in [0.25, 0.3) is 0 Å². The summed E-state index contributed by atoms with van der Waals surface area (Å²) in [7, 11) is 0. The highest BCUT2D eigenvalue weighted by atomic mass is 16.5. The van der Waals surface area contributed by atoms with E-state index in [0.29, 0.717) is 5.58 Å². The van der Waals surface area contributed by atoms with Crippen LogP contribution in [0.5, 0.6) is 5.75 Å². The number of benzene rings is 1. The molecule has 0 saturated heterocycles. The molecule has 0 bridgehead atoms. The Bertz CT molecular complexity index is 653. The first-order chi connectivity index (χ1) is 8.16. The fourth-order valence-electron chi connectivity index (χ4n) is 2.48. The zero-order valence-electron chi connectivity index (χ0n) is 10.0. The molecule has 0 atom stereocenters. The standard InChI is InChI=1S/C14H14O3/c1-8-6-12(15)17-14-9(2)13-10(7-11(8)14)4-3-5-16-13/h6-7H,3-5H2,1-2H3. The Kier molecular flexibility index (Phi) is 2.21. The highest BCUT2D eigenvalue weighted by Crippen LogP contribution is 2.35. The zero-order chi connectivity index (χ0) is 12.0. The fourth-order valence-corrected chi connectivity index (χ4v) is 2.48. The maximum absolute atomic E-state index is 11.4. The quantitative estimate of drug-likeness (QED) is 0.653. The lowest BCUT2D eigenvalue weighted by atomic mass is 9.98. The Morgan fingerprint density at radius 3 is 2.88 bits per heavy atom. The van der Waals surface area contributed by atoms with Gasteiger partial charge in [-0.25, -0.2) is 4.79 Å². The van der Waals surface area contributed by atoms with Gasteiger partial charge >= 0.3 is 5.63 Å². The van der Waals surface area contributed by atoms with E-state index in [2.05, 4.69) is 6.07 Å². The average Bonchev–Trinajstić information content (AvgIpc) is 2.31. The Labute approximate surface area is 99.0 Å². The Morgan fingerprint density at radius 2 is 2.06 bits per heavy atom. The minimum absolute atomic E-state index is 0.297. The molecule has 1 aliphatic heterocycles. The molecule has 0 N–H and O–H groups in total. The van der Waals surface area contributed by atoms with Crippen LogP contribution in [0.3, 0.4) is 0 Å². The molecule has 1 aromatic heterocycles. The summed E-state index contributed by atoms with van der Waals surface area (Å²) in [5.41, 5.74) is 3.49. The largest absolute Gasteiger partial charge is 0.493 e. The predicted molar refractivity (Wildman–Crippen MR) is 65.8 cm³/mol. The van der Waals surface area contributed by atoms with Crippen molar-refractivity contribution in [3.63, 3.8) is 0 Å². The van der Waals surface area contributed by atoms with Crippen molar-refractivity contribution in [3.05, 3.63) is 39.2 Å². The van der Waals surface area contributed by atoms with Gasteiger partial charge in [0.15, 0.2) is 0 Å². The third kappa shape index (κ3) is 1.54. The van der Waals surface area contributed by atoms with Crippen LogP contribution in [-0.4, -0.2) is 6.61 Å². The maximum Gasteiger partial charge on any atom is 0.336 e. The van der Waals surface area contributed by atoms with Crippen LogP contribution in [0.1, 0.15) is 23.1 Å². The summed E-state index contributed by atoms with van der Waals surface area (Å²) in [6.07, 6.45) is 2.08. The molecule has 1 aliphatic rings. The van der Waals surface area contributed by atoms with Crippen LogP contribution in [-0.2, 0) is 6.42 Å². The second-order valence-electron chi connectivity index (χ2n) is 4.57. The van der Waals surface area contributed by atoms with E-state index in [0.717, 1.165) is 41.7 Å². The van der Waals surface area contributed by atoms with E-state index in [-0.39, 0.29) is 5.63 Å². The minimum Gasteiger partial charge on any atom is -0.493 e. The highest BCUT2D eigenvalue weighted by molar-refractivity contribution is 5.86. The number of hydrogen-bond donors (Lipinski definition) is 0. The number of ether oxygens (including phenoxy) is 1. The molecule has 2 heterocycles. The third-order valence-electron chi connectivity index (χ3n) is 3.33. The van der Waals surface area contributed by atoms with E-state index in [4.69, 9.17) is 9.15 Å². The van der Waals surface area contributed by atoms with E-state index >= 15 is 0 Å². The summed E-state index contributed by atoms with van der Waals surface area (Å²) in [4.78, 5) is 11.4. The van der Waals surface area contributed by atoms with Crippen LogP contribution < -0.4 is 10.4 Å². The van der Waals surface area contributed by atoms with Gasteiger partial charge in [-0.2, -0.15) is 0 Å². The molecule has 0 saturated carbocycles. The summed E-state index contributed by atoms with van der Waals surface area (Å²) in [6, 6.07) is 3.63. The second kappa shape index (κ2) is 3.62. The van der Waals surface area contributed by atoms with Gasteiger partial charge in [0.05, 0.1) is 6.61 Å². The number of aryl methyl sites for hydroxylation is 3. The van der Waals surface area contributed by atoms with Crippen LogP contribution in [0, 0.1) is 13.8 Å². The number of rotatable bonds is 0. The molecule has 3 nitrogen and oxygen atoms in total. The van der Waals surface area contributed by atoms with Gasteiger partial charge in [0, 0.05) is 17.0 Å². The first kappa shape index (κ1) is 10.4. The Hall–Kier alpha value is -1.77. The van der Waals surface area contributed by atoms with Crippen molar-refractivity contribution in [1.82, 2.24) is 0 Å². The van der Waals surface area contributed by atoms with Gasteiger partial charge < -0.3 is 9.15 Å². The molecule has 0 amide bonds. The summed E-state index contributed by atoms with van der Waals surface area (Å²) in [5, 5.41) is 1.02. The number of fused-ring (bicyclic) bond motifs is 2. The van der Waals surface area contributed by atoms with Crippen molar-refractivity contribution in [2.45, 2.75) is 26.7 Å². The lowest BCUT2D eigenvalue weighted by Crippen LogP contribution is -2.10. The smallest absolute Gasteiger partial charge is 0.336 e. The Balaban J connectivity index is 2.44. The van der Waals surface area contributed by atoms with Crippen LogP contribution in [0.4, 0.5) is 0 Å².